The van der Waals surface area contributed by atoms with Gasteiger partial charge in [0.15, 0.2) is 0 Å². The Hall–Kier alpha value is -2.11. The molecule has 2 heterocycles. The van der Waals surface area contributed by atoms with Crippen LogP contribution in [0.15, 0.2) is 18.2 Å². The molecule has 2 amide bonds. The number of ether oxygens (including phenoxy) is 1. The number of para-hydroxylation sites is 1. The summed E-state index contributed by atoms with van der Waals surface area (Å²) >= 11 is 0. The molecule has 2 aliphatic heterocycles. The minimum Gasteiger partial charge on any atom is -0.444 e. The molecule has 0 bridgehead atoms. The summed E-state index contributed by atoms with van der Waals surface area (Å²) in [6, 6.07) is 4.75. The molecule has 0 aromatic heterocycles. The maximum atomic E-state index is 13.9. The van der Waals surface area contributed by atoms with Crippen LogP contribution < -0.4 is 5.32 Å². The second kappa shape index (κ2) is 5.22. The summed E-state index contributed by atoms with van der Waals surface area (Å²) in [5.41, 5.74) is -0.308. The summed E-state index contributed by atoms with van der Waals surface area (Å²) in [5, 5.41) is 2.66. The normalized spacial score (nSPS) is 19.5. The quantitative estimate of drug-likeness (QED) is 0.799. The van der Waals surface area contributed by atoms with Crippen molar-refractivity contribution in [2.24, 2.45) is 0 Å². The monoisotopic (exact) mass is 320 g/mol. The summed E-state index contributed by atoms with van der Waals surface area (Å²) < 4.78 is 19.3. The van der Waals surface area contributed by atoms with Crippen molar-refractivity contribution >= 4 is 17.7 Å². The Morgan fingerprint density at radius 3 is 2.57 bits per heavy atom. The number of halogens is 1. The first kappa shape index (κ1) is 15.8. The van der Waals surface area contributed by atoms with Crippen molar-refractivity contribution in [3.8, 4) is 0 Å². The minimum absolute atomic E-state index is 0.179. The molecule has 2 aliphatic rings. The third kappa shape index (κ3) is 2.66. The molecule has 0 radical (unpaired) electrons. The topological polar surface area (TPSA) is 58.6 Å². The lowest BCUT2D eigenvalue weighted by atomic mass is 9.74. The van der Waals surface area contributed by atoms with Crippen LogP contribution in [-0.4, -0.2) is 35.6 Å². The van der Waals surface area contributed by atoms with E-state index in [0.717, 1.165) is 0 Å². The number of hydrogen-bond acceptors (Lipinski definition) is 3. The van der Waals surface area contributed by atoms with Gasteiger partial charge in [0, 0.05) is 13.1 Å². The van der Waals surface area contributed by atoms with E-state index in [1.165, 1.54) is 6.07 Å². The summed E-state index contributed by atoms with van der Waals surface area (Å²) in [5.74, 6) is -0.594. The van der Waals surface area contributed by atoms with Crippen LogP contribution in [0.3, 0.4) is 0 Å². The standard InChI is InChI=1S/C17H21FN2O3/c1-16(2,3)23-15(22)20-9-7-17(8-10-20)11-5-4-6-12(18)13(11)19-14(17)21/h4-6H,7-10H2,1-3H3,(H,19,21). The highest BCUT2D eigenvalue weighted by atomic mass is 19.1. The van der Waals surface area contributed by atoms with Crippen LogP contribution in [0.25, 0.3) is 0 Å². The summed E-state index contributed by atoms with van der Waals surface area (Å²) in [4.78, 5) is 26.2. The number of hydrogen-bond donors (Lipinski definition) is 1. The molecule has 0 saturated carbocycles. The van der Waals surface area contributed by atoms with E-state index in [9.17, 15) is 14.0 Å². The lowest BCUT2D eigenvalue weighted by Crippen LogP contribution is -2.49. The predicted octanol–water partition coefficient (Wildman–Crippen LogP) is 3.05. The van der Waals surface area contributed by atoms with Crippen molar-refractivity contribution < 1.29 is 18.7 Å². The van der Waals surface area contributed by atoms with Crippen LogP contribution in [0.1, 0.15) is 39.2 Å². The zero-order chi connectivity index (χ0) is 16.8. The van der Waals surface area contributed by atoms with E-state index in [1.54, 1.807) is 17.0 Å². The summed E-state index contributed by atoms with van der Waals surface area (Å²) in [6.07, 6.45) is 0.563. The molecule has 1 aromatic rings. The number of nitrogens with one attached hydrogen (secondary N) is 1. The first-order valence-electron chi connectivity index (χ1n) is 7.81. The number of benzene rings is 1. The molecular weight excluding hydrogens is 299 g/mol. The van der Waals surface area contributed by atoms with Crippen molar-refractivity contribution in [2.45, 2.75) is 44.6 Å². The van der Waals surface area contributed by atoms with Gasteiger partial charge in [0.1, 0.15) is 11.4 Å². The maximum absolute atomic E-state index is 13.9. The fraction of sp³-hybridized carbons (Fsp3) is 0.529. The number of carbonyl (C=O) groups excluding carboxylic acids is 2. The number of anilines is 1. The van der Waals surface area contributed by atoms with Crippen LogP contribution in [-0.2, 0) is 14.9 Å². The van der Waals surface area contributed by atoms with Gasteiger partial charge in [0.05, 0.1) is 11.1 Å². The van der Waals surface area contributed by atoms with Gasteiger partial charge in [-0.05, 0) is 45.2 Å². The SMILES string of the molecule is CC(C)(C)OC(=O)N1CCC2(CC1)C(=O)Nc1c(F)cccc12. The van der Waals surface area contributed by atoms with E-state index in [2.05, 4.69) is 5.32 Å². The van der Waals surface area contributed by atoms with Gasteiger partial charge in [-0.3, -0.25) is 4.79 Å². The lowest BCUT2D eigenvalue weighted by molar-refractivity contribution is -0.122. The molecule has 6 heteroatoms. The maximum Gasteiger partial charge on any atom is 0.410 e. The molecule has 1 N–H and O–H groups in total. The molecule has 5 nitrogen and oxygen atoms in total. The minimum atomic E-state index is -0.740. The molecule has 0 aliphatic carbocycles. The second-order valence-corrected chi connectivity index (χ2v) is 7.17. The van der Waals surface area contributed by atoms with Crippen LogP contribution in [0.5, 0.6) is 0 Å². The summed E-state index contributed by atoms with van der Waals surface area (Å²) in [7, 11) is 0. The molecule has 0 atom stereocenters. The zero-order valence-corrected chi connectivity index (χ0v) is 13.6. The van der Waals surface area contributed by atoms with E-state index in [-0.39, 0.29) is 17.7 Å². The third-order valence-electron chi connectivity index (χ3n) is 4.47. The molecule has 3 rings (SSSR count). The Morgan fingerprint density at radius 1 is 1.30 bits per heavy atom. The molecule has 23 heavy (non-hydrogen) atoms. The van der Waals surface area contributed by atoms with Gasteiger partial charge in [0.2, 0.25) is 5.91 Å². The van der Waals surface area contributed by atoms with Crippen molar-refractivity contribution in [3.05, 3.63) is 29.6 Å². The van der Waals surface area contributed by atoms with Crippen LogP contribution in [0.4, 0.5) is 14.9 Å². The number of fused-ring (bicyclic) bond motifs is 2. The van der Waals surface area contributed by atoms with Gasteiger partial charge in [-0.2, -0.15) is 0 Å². The first-order valence-corrected chi connectivity index (χ1v) is 7.81. The fourth-order valence-electron chi connectivity index (χ4n) is 3.30. The Kier molecular flexibility index (Phi) is 3.58. The number of rotatable bonds is 0. The van der Waals surface area contributed by atoms with Gasteiger partial charge in [-0.15, -0.1) is 0 Å². The molecule has 1 spiro atoms. The number of nitrogens with zero attached hydrogens (tertiary/aromatic N) is 1. The zero-order valence-electron chi connectivity index (χ0n) is 13.6. The fourth-order valence-corrected chi connectivity index (χ4v) is 3.30. The van der Waals surface area contributed by atoms with Crippen LogP contribution in [0, 0.1) is 5.82 Å². The number of carbonyl (C=O) groups is 2. The highest BCUT2D eigenvalue weighted by Gasteiger charge is 2.50. The number of piperidine rings is 1. The second-order valence-electron chi connectivity index (χ2n) is 7.17. The average Bonchev–Trinajstić information content (AvgIpc) is 2.73. The summed E-state index contributed by atoms with van der Waals surface area (Å²) in [6.45, 7) is 6.29. The molecule has 1 aromatic carbocycles. The van der Waals surface area contributed by atoms with Crippen molar-refractivity contribution in [3.63, 3.8) is 0 Å². The van der Waals surface area contributed by atoms with E-state index >= 15 is 0 Å². The van der Waals surface area contributed by atoms with E-state index in [1.807, 2.05) is 20.8 Å². The smallest absolute Gasteiger partial charge is 0.410 e. The van der Waals surface area contributed by atoms with Gasteiger partial charge >= 0.3 is 6.09 Å². The lowest BCUT2D eigenvalue weighted by Gasteiger charge is -2.38. The van der Waals surface area contributed by atoms with Crippen molar-refractivity contribution in [1.29, 1.82) is 0 Å². The van der Waals surface area contributed by atoms with E-state index in [0.29, 0.717) is 31.5 Å². The Balaban J connectivity index is 1.78. The highest BCUT2D eigenvalue weighted by Crippen LogP contribution is 2.45. The van der Waals surface area contributed by atoms with Crippen molar-refractivity contribution in [2.75, 3.05) is 18.4 Å². The largest absolute Gasteiger partial charge is 0.444 e. The van der Waals surface area contributed by atoms with Crippen LogP contribution >= 0.6 is 0 Å². The van der Waals surface area contributed by atoms with Gasteiger partial charge in [0.25, 0.3) is 0 Å². The van der Waals surface area contributed by atoms with E-state index < -0.39 is 16.8 Å². The molecular formula is C17H21FN2O3. The molecule has 0 unspecified atom stereocenters. The van der Waals surface area contributed by atoms with Gasteiger partial charge in [-0.1, -0.05) is 12.1 Å². The average molecular weight is 320 g/mol. The Morgan fingerprint density at radius 2 is 1.96 bits per heavy atom. The van der Waals surface area contributed by atoms with Crippen LogP contribution in [0.2, 0.25) is 0 Å². The van der Waals surface area contributed by atoms with Crippen molar-refractivity contribution in [1.82, 2.24) is 4.90 Å². The Labute approximate surface area is 134 Å². The Bertz CT molecular complexity index is 658. The number of amides is 2. The number of likely N-dealkylation sites (tertiary alicyclic amines) is 1. The predicted molar refractivity (Wildman–Crippen MR) is 83.7 cm³/mol. The highest BCUT2D eigenvalue weighted by molar-refractivity contribution is 6.06. The van der Waals surface area contributed by atoms with Gasteiger partial charge in [-0.25, -0.2) is 9.18 Å². The molecule has 1 fully saturated rings. The molecule has 1 saturated heterocycles. The van der Waals surface area contributed by atoms with Gasteiger partial charge < -0.3 is 15.0 Å². The first-order chi connectivity index (χ1) is 10.7. The molecule has 124 valence electrons. The third-order valence-corrected chi connectivity index (χ3v) is 4.47. The van der Waals surface area contributed by atoms with E-state index in [4.69, 9.17) is 4.74 Å².